The van der Waals surface area contributed by atoms with E-state index in [1.165, 1.54) is 12.8 Å². The average molecular weight is 190 g/mol. The molecule has 1 atom stereocenters. The Morgan fingerprint density at radius 2 is 2.25 bits per heavy atom. The fourth-order valence-corrected chi connectivity index (χ4v) is 1.74. The normalized spacial score (nSPS) is 30.4. The standard InChI is InChI=1S/C8H12ClNO2/c9-8(11)10-3-4-12-7(5-10)6-1-2-6/h6-7H,1-5H2. The number of carbonyl (C=O) groups is 1. The van der Waals surface area contributed by atoms with E-state index in [4.69, 9.17) is 16.3 Å². The van der Waals surface area contributed by atoms with Crippen LogP contribution in [0.25, 0.3) is 0 Å². The predicted octanol–water partition coefficient (Wildman–Crippen LogP) is 1.46. The third kappa shape index (κ3) is 1.72. The highest BCUT2D eigenvalue weighted by Crippen LogP contribution is 2.35. The average Bonchev–Trinajstić information content (AvgIpc) is 2.87. The van der Waals surface area contributed by atoms with Gasteiger partial charge in [-0.15, -0.1) is 0 Å². The molecule has 1 amide bonds. The summed E-state index contributed by atoms with van der Waals surface area (Å²) >= 11 is 5.38. The first-order chi connectivity index (χ1) is 5.77. The molecule has 4 heteroatoms. The zero-order valence-electron chi connectivity index (χ0n) is 6.83. The molecule has 3 nitrogen and oxygen atoms in total. The first-order valence-electron chi connectivity index (χ1n) is 4.33. The molecule has 12 heavy (non-hydrogen) atoms. The van der Waals surface area contributed by atoms with Crippen LogP contribution in [0, 0.1) is 5.92 Å². The maximum atomic E-state index is 10.8. The van der Waals surface area contributed by atoms with Crippen LogP contribution in [0.4, 0.5) is 4.79 Å². The summed E-state index contributed by atoms with van der Waals surface area (Å²) in [5, 5.41) is -0.344. The van der Waals surface area contributed by atoms with Gasteiger partial charge in [0.05, 0.1) is 12.7 Å². The molecule has 1 saturated carbocycles. The molecule has 68 valence electrons. The lowest BCUT2D eigenvalue weighted by Gasteiger charge is -2.31. The van der Waals surface area contributed by atoms with Gasteiger partial charge in [0.1, 0.15) is 0 Å². The molecule has 2 aliphatic rings. The van der Waals surface area contributed by atoms with Crippen molar-refractivity contribution in [2.24, 2.45) is 5.92 Å². The number of morpholine rings is 1. The topological polar surface area (TPSA) is 29.5 Å². The summed E-state index contributed by atoms with van der Waals surface area (Å²) in [6, 6.07) is 0. The van der Waals surface area contributed by atoms with Gasteiger partial charge < -0.3 is 9.64 Å². The van der Waals surface area contributed by atoms with Crippen molar-refractivity contribution in [3.05, 3.63) is 0 Å². The van der Waals surface area contributed by atoms with Gasteiger partial charge in [-0.1, -0.05) is 0 Å². The van der Waals surface area contributed by atoms with Gasteiger partial charge in [0.15, 0.2) is 0 Å². The molecule has 1 unspecified atom stereocenters. The Bertz CT molecular complexity index is 193. The van der Waals surface area contributed by atoms with E-state index >= 15 is 0 Å². The van der Waals surface area contributed by atoms with Crippen molar-refractivity contribution in [1.82, 2.24) is 4.90 Å². The third-order valence-electron chi connectivity index (χ3n) is 2.49. The quantitative estimate of drug-likeness (QED) is 0.462. The Labute approximate surface area is 76.6 Å². The van der Waals surface area contributed by atoms with Gasteiger partial charge in [0.25, 0.3) is 0 Å². The van der Waals surface area contributed by atoms with Crippen molar-refractivity contribution in [3.63, 3.8) is 0 Å². The molecule has 0 bridgehead atoms. The zero-order chi connectivity index (χ0) is 8.55. The molecule has 0 spiro atoms. The van der Waals surface area contributed by atoms with E-state index in [0.717, 1.165) is 0 Å². The Balaban J connectivity index is 1.89. The largest absolute Gasteiger partial charge is 0.374 e. The number of hydrogen-bond acceptors (Lipinski definition) is 2. The number of carbonyl (C=O) groups excluding carboxylic acids is 1. The molecular weight excluding hydrogens is 178 g/mol. The minimum absolute atomic E-state index is 0.251. The second-order valence-electron chi connectivity index (χ2n) is 3.45. The highest BCUT2D eigenvalue weighted by atomic mass is 35.5. The fourth-order valence-electron chi connectivity index (χ4n) is 1.59. The molecule has 2 fully saturated rings. The number of rotatable bonds is 1. The van der Waals surface area contributed by atoms with E-state index < -0.39 is 0 Å². The number of nitrogens with zero attached hydrogens (tertiary/aromatic N) is 1. The second kappa shape index (κ2) is 3.23. The molecule has 1 heterocycles. The highest BCUT2D eigenvalue weighted by Gasteiger charge is 2.36. The van der Waals surface area contributed by atoms with E-state index in [1.54, 1.807) is 4.90 Å². The molecule has 0 radical (unpaired) electrons. The van der Waals surface area contributed by atoms with Crippen molar-refractivity contribution in [3.8, 4) is 0 Å². The summed E-state index contributed by atoms with van der Waals surface area (Å²) in [5.74, 6) is 0.684. The molecule has 1 aliphatic carbocycles. The monoisotopic (exact) mass is 189 g/mol. The van der Waals surface area contributed by atoms with Crippen molar-refractivity contribution in [2.45, 2.75) is 18.9 Å². The van der Waals surface area contributed by atoms with Crippen LogP contribution in [0.2, 0.25) is 0 Å². The summed E-state index contributed by atoms with van der Waals surface area (Å²) in [6.45, 7) is 1.97. The van der Waals surface area contributed by atoms with Crippen molar-refractivity contribution in [1.29, 1.82) is 0 Å². The van der Waals surface area contributed by atoms with Crippen LogP contribution in [-0.4, -0.2) is 36.1 Å². The van der Waals surface area contributed by atoms with Gasteiger partial charge >= 0.3 is 5.37 Å². The molecule has 1 saturated heterocycles. The van der Waals surface area contributed by atoms with Gasteiger partial charge in [-0.25, -0.2) is 0 Å². The van der Waals surface area contributed by atoms with E-state index in [0.29, 0.717) is 25.6 Å². The van der Waals surface area contributed by atoms with E-state index in [2.05, 4.69) is 0 Å². The maximum Gasteiger partial charge on any atom is 0.316 e. The lowest BCUT2D eigenvalue weighted by molar-refractivity contribution is -0.0220. The second-order valence-corrected chi connectivity index (χ2v) is 3.77. The van der Waals surface area contributed by atoms with Gasteiger partial charge in [0, 0.05) is 13.1 Å². The van der Waals surface area contributed by atoms with Crippen molar-refractivity contribution < 1.29 is 9.53 Å². The molecule has 2 rings (SSSR count). The first-order valence-corrected chi connectivity index (χ1v) is 4.71. The van der Waals surface area contributed by atoms with Crippen LogP contribution in [0.3, 0.4) is 0 Å². The van der Waals surface area contributed by atoms with Crippen LogP contribution in [0.15, 0.2) is 0 Å². The molecular formula is C8H12ClNO2. The van der Waals surface area contributed by atoms with Crippen LogP contribution in [0.5, 0.6) is 0 Å². The third-order valence-corrected chi connectivity index (χ3v) is 2.73. The molecule has 0 aromatic carbocycles. The van der Waals surface area contributed by atoms with Crippen molar-refractivity contribution in [2.75, 3.05) is 19.7 Å². The minimum atomic E-state index is -0.344. The lowest BCUT2D eigenvalue weighted by Crippen LogP contribution is -2.44. The first kappa shape index (κ1) is 8.32. The summed E-state index contributed by atoms with van der Waals surface area (Å²) in [6.07, 6.45) is 2.74. The Morgan fingerprint density at radius 1 is 1.50 bits per heavy atom. The van der Waals surface area contributed by atoms with Crippen LogP contribution in [0.1, 0.15) is 12.8 Å². The molecule has 1 aliphatic heterocycles. The maximum absolute atomic E-state index is 10.8. The number of hydrogen-bond donors (Lipinski definition) is 0. The summed E-state index contributed by atoms with van der Waals surface area (Å²) in [5.41, 5.74) is 0. The van der Waals surface area contributed by atoms with Crippen LogP contribution in [-0.2, 0) is 4.74 Å². The SMILES string of the molecule is O=C(Cl)N1CCOC(C2CC2)C1. The van der Waals surface area contributed by atoms with Crippen molar-refractivity contribution >= 4 is 17.0 Å². The Morgan fingerprint density at radius 3 is 2.83 bits per heavy atom. The van der Waals surface area contributed by atoms with E-state index in [-0.39, 0.29) is 11.5 Å². The summed E-state index contributed by atoms with van der Waals surface area (Å²) < 4.78 is 5.53. The predicted molar refractivity (Wildman–Crippen MR) is 45.3 cm³/mol. The Kier molecular flexibility index (Phi) is 2.24. The van der Waals surface area contributed by atoms with E-state index in [1.807, 2.05) is 0 Å². The number of halogens is 1. The minimum Gasteiger partial charge on any atom is -0.374 e. The Hall–Kier alpha value is -0.280. The van der Waals surface area contributed by atoms with Crippen LogP contribution < -0.4 is 0 Å². The summed E-state index contributed by atoms with van der Waals surface area (Å²) in [4.78, 5) is 12.5. The highest BCUT2D eigenvalue weighted by molar-refractivity contribution is 6.62. The molecule has 0 aromatic heterocycles. The zero-order valence-corrected chi connectivity index (χ0v) is 7.59. The number of ether oxygens (including phenoxy) is 1. The molecule has 0 N–H and O–H groups in total. The van der Waals surface area contributed by atoms with Gasteiger partial charge in [-0.05, 0) is 30.4 Å². The smallest absolute Gasteiger partial charge is 0.316 e. The van der Waals surface area contributed by atoms with Gasteiger partial charge in [-0.2, -0.15) is 0 Å². The van der Waals surface area contributed by atoms with Crippen LogP contribution >= 0.6 is 11.6 Å². The van der Waals surface area contributed by atoms with Gasteiger partial charge in [-0.3, -0.25) is 4.79 Å². The summed E-state index contributed by atoms with van der Waals surface area (Å²) in [7, 11) is 0. The lowest BCUT2D eigenvalue weighted by atomic mass is 10.2. The fraction of sp³-hybridized carbons (Fsp3) is 0.875. The van der Waals surface area contributed by atoms with Gasteiger partial charge in [0.2, 0.25) is 0 Å². The van der Waals surface area contributed by atoms with E-state index in [9.17, 15) is 4.79 Å². The molecule has 0 aromatic rings. The number of amides is 1.